The Bertz CT molecular complexity index is 1210. The van der Waals surface area contributed by atoms with Crippen molar-refractivity contribution in [3.8, 4) is 22.5 Å². The normalized spacial score (nSPS) is 10.8. The maximum atomic E-state index is 13.8. The number of carbonyl (C=O) groups excluding carboxylic acids is 1. The van der Waals surface area contributed by atoms with Gasteiger partial charge in [0, 0.05) is 18.3 Å². The third-order valence-electron chi connectivity index (χ3n) is 4.85. The Kier molecular flexibility index (Phi) is 5.10. The Morgan fingerprint density at radius 2 is 1.63 bits per heavy atom. The predicted molar refractivity (Wildman–Crippen MR) is 111 cm³/mol. The minimum atomic E-state index is -0.902. The zero-order chi connectivity index (χ0) is 21.3. The SMILES string of the molecule is Cc1ccc(-c2ncnn2C)cc1-c1ccc(NC(=O)c2c(F)cccc2F)cc1. The van der Waals surface area contributed by atoms with Gasteiger partial charge >= 0.3 is 0 Å². The summed E-state index contributed by atoms with van der Waals surface area (Å²) >= 11 is 0. The molecule has 0 aliphatic carbocycles. The van der Waals surface area contributed by atoms with Crippen LogP contribution in [0.4, 0.5) is 14.5 Å². The van der Waals surface area contributed by atoms with E-state index in [4.69, 9.17) is 0 Å². The number of nitrogens with zero attached hydrogens (tertiary/aromatic N) is 3. The number of carbonyl (C=O) groups is 1. The largest absolute Gasteiger partial charge is 0.322 e. The number of aromatic nitrogens is 3. The summed E-state index contributed by atoms with van der Waals surface area (Å²) in [7, 11) is 1.83. The van der Waals surface area contributed by atoms with Gasteiger partial charge < -0.3 is 5.32 Å². The van der Waals surface area contributed by atoms with Crippen LogP contribution in [0.1, 0.15) is 15.9 Å². The van der Waals surface area contributed by atoms with Crippen molar-refractivity contribution < 1.29 is 13.6 Å². The molecular weight excluding hydrogens is 386 g/mol. The van der Waals surface area contributed by atoms with Gasteiger partial charge in [-0.1, -0.05) is 30.3 Å². The van der Waals surface area contributed by atoms with E-state index in [1.54, 1.807) is 16.8 Å². The summed E-state index contributed by atoms with van der Waals surface area (Å²) < 4.78 is 29.3. The molecule has 1 N–H and O–H groups in total. The van der Waals surface area contributed by atoms with Crippen LogP contribution in [0.2, 0.25) is 0 Å². The second-order valence-electron chi connectivity index (χ2n) is 6.87. The molecule has 4 aromatic rings. The predicted octanol–water partition coefficient (Wildman–Crippen LogP) is 4.99. The van der Waals surface area contributed by atoms with Gasteiger partial charge in [-0.2, -0.15) is 5.10 Å². The van der Waals surface area contributed by atoms with Gasteiger partial charge in [0.05, 0.1) is 0 Å². The summed E-state index contributed by atoms with van der Waals surface area (Å²) in [4.78, 5) is 16.5. The van der Waals surface area contributed by atoms with E-state index in [1.165, 1.54) is 12.4 Å². The molecule has 0 saturated heterocycles. The molecule has 0 saturated carbocycles. The van der Waals surface area contributed by atoms with Crippen LogP contribution in [0.15, 0.2) is 67.0 Å². The van der Waals surface area contributed by atoms with Crippen LogP contribution in [0.25, 0.3) is 22.5 Å². The first-order valence-electron chi connectivity index (χ1n) is 9.25. The molecule has 1 amide bonds. The van der Waals surface area contributed by atoms with E-state index in [1.807, 2.05) is 44.3 Å². The lowest BCUT2D eigenvalue weighted by Gasteiger charge is -2.11. The fraction of sp³-hybridized carbons (Fsp3) is 0.0870. The first-order chi connectivity index (χ1) is 14.4. The second-order valence-corrected chi connectivity index (χ2v) is 6.87. The zero-order valence-electron chi connectivity index (χ0n) is 16.4. The first kappa shape index (κ1) is 19.4. The number of benzene rings is 3. The van der Waals surface area contributed by atoms with Gasteiger partial charge in [-0.25, -0.2) is 18.4 Å². The lowest BCUT2D eigenvalue weighted by Crippen LogP contribution is -2.15. The molecule has 0 aliphatic heterocycles. The lowest BCUT2D eigenvalue weighted by atomic mass is 9.97. The van der Waals surface area contributed by atoms with Crippen molar-refractivity contribution in [1.82, 2.24) is 14.8 Å². The molecule has 5 nitrogen and oxygen atoms in total. The molecule has 150 valence electrons. The number of halogens is 2. The fourth-order valence-corrected chi connectivity index (χ4v) is 3.27. The Balaban J connectivity index is 1.60. The van der Waals surface area contributed by atoms with Crippen LogP contribution < -0.4 is 5.32 Å². The Hall–Kier alpha value is -3.87. The highest BCUT2D eigenvalue weighted by atomic mass is 19.1. The third-order valence-corrected chi connectivity index (χ3v) is 4.85. The lowest BCUT2D eigenvalue weighted by molar-refractivity contribution is 0.101. The Labute approximate surface area is 172 Å². The molecule has 0 radical (unpaired) electrons. The van der Waals surface area contributed by atoms with E-state index >= 15 is 0 Å². The van der Waals surface area contributed by atoms with E-state index in [0.717, 1.165) is 40.2 Å². The quantitative estimate of drug-likeness (QED) is 0.521. The van der Waals surface area contributed by atoms with Crippen molar-refractivity contribution in [2.75, 3.05) is 5.32 Å². The zero-order valence-corrected chi connectivity index (χ0v) is 16.4. The number of rotatable bonds is 4. The number of aryl methyl sites for hydroxylation is 2. The molecule has 0 atom stereocenters. The topological polar surface area (TPSA) is 59.8 Å². The van der Waals surface area contributed by atoms with Crippen LogP contribution in [-0.4, -0.2) is 20.7 Å². The molecule has 0 spiro atoms. The monoisotopic (exact) mass is 404 g/mol. The van der Waals surface area contributed by atoms with Crippen LogP contribution in [-0.2, 0) is 7.05 Å². The van der Waals surface area contributed by atoms with Crippen LogP contribution in [0.5, 0.6) is 0 Å². The van der Waals surface area contributed by atoms with Gasteiger partial charge in [0.1, 0.15) is 23.5 Å². The van der Waals surface area contributed by atoms with E-state index in [0.29, 0.717) is 5.69 Å². The van der Waals surface area contributed by atoms with Crippen LogP contribution in [0, 0.1) is 18.6 Å². The van der Waals surface area contributed by atoms with Gasteiger partial charge in [-0.3, -0.25) is 4.79 Å². The van der Waals surface area contributed by atoms with Gasteiger partial charge in [0.25, 0.3) is 5.91 Å². The molecule has 0 unspecified atom stereocenters. The minimum Gasteiger partial charge on any atom is -0.322 e. The van der Waals surface area contributed by atoms with E-state index < -0.39 is 23.1 Å². The Morgan fingerprint density at radius 3 is 2.27 bits per heavy atom. The molecule has 1 heterocycles. The average Bonchev–Trinajstić information content (AvgIpc) is 3.15. The van der Waals surface area contributed by atoms with Crippen molar-refractivity contribution >= 4 is 11.6 Å². The van der Waals surface area contributed by atoms with E-state index in [9.17, 15) is 13.6 Å². The molecule has 0 fully saturated rings. The highest BCUT2D eigenvalue weighted by Crippen LogP contribution is 2.29. The van der Waals surface area contributed by atoms with Crippen molar-refractivity contribution in [3.05, 3.63) is 89.8 Å². The van der Waals surface area contributed by atoms with Gasteiger partial charge in [0.15, 0.2) is 5.82 Å². The maximum Gasteiger partial charge on any atom is 0.261 e. The number of anilines is 1. The second kappa shape index (κ2) is 7.87. The summed E-state index contributed by atoms with van der Waals surface area (Å²) in [6.07, 6.45) is 1.50. The van der Waals surface area contributed by atoms with Gasteiger partial charge in [0.2, 0.25) is 0 Å². The summed E-state index contributed by atoms with van der Waals surface area (Å²) in [5.41, 5.74) is 3.79. The van der Waals surface area contributed by atoms with E-state index in [2.05, 4.69) is 15.4 Å². The molecule has 30 heavy (non-hydrogen) atoms. The average molecular weight is 404 g/mol. The first-order valence-corrected chi connectivity index (χ1v) is 9.25. The molecule has 4 rings (SSSR count). The van der Waals surface area contributed by atoms with Crippen molar-refractivity contribution in [2.24, 2.45) is 7.05 Å². The summed E-state index contributed by atoms with van der Waals surface area (Å²) in [6.45, 7) is 2.01. The molecule has 3 aromatic carbocycles. The fourth-order valence-electron chi connectivity index (χ4n) is 3.27. The number of nitrogens with one attached hydrogen (secondary N) is 1. The number of hydrogen-bond donors (Lipinski definition) is 1. The molecule has 1 aromatic heterocycles. The highest BCUT2D eigenvalue weighted by Gasteiger charge is 2.17. The van der Waals surface area contributed by atoms with Gasteiger partial charge in [-0.05, 0) is 53.9 Å². The number of amides is 1. The maximum absolute atomic E-state index is 13.8. The highest BCUT2D eigenvalue weighted by molar-refractivity contribution is 6.04. The summed E-state index contributed by atoms with van der Waals surface area (Å²) in [5, 5.41) is 6.64. The minimum absolute atomic E-state index is 0.438. The Morgan fingerprint density at radius 1 is 0.967 bits per heavy atom. The van der Waals surface area contributed by atoms with E-state index in [-0.39, 0.29) is 0 Å². The smallest absolute Gasteiger partial charge is 0.261 e. The molecule has 7 heteroatoms. The van der Waals surface area contributed by atoms with Gasteiger partial charge in [-0.15, -0.1) is 0 Å². The summed E-state index contributed by atoms with van der Waals surface area (Å²) in [5.74, 6) is -1.88. The third kappa shape index (κ3) is 3.69. The van der Waals surface area contributed by atoms with Crippen LogP contribution in [0.3, 0.4) is 0 Å². The van der Waals surface area contributed by atoms with Crippen molar-refractivity contribution in [2.45, 2.75) is 6.92 Å². The molecular formula is C23H18F2N4O. The molecule has 0 bridgehead atoms. The van der Waals surface area contributed by atoms with Crippen molar-refractivity contribution in [3.63, 3.8) is 0 Å². The standard InChI is InChI=1S/C23H18F2N4O/c1-14-6-7-16(22-26-13-27-29(22)2)12-18(14)15-8-10-17(11-9-15)28-23(30)21-19(24)4-3-5-20(21)25/h3-13H,1-2H3,(H,28,30). The van der Waals surface area contributed by atoms with Crippen molar-refractivity contribution in [1.29, 1.82) is 0 Å². The van der Waals surface area contributed by atoms with Crippen LogP contribution >= 0.6 is 0 Å². The molecule has 0 aliphatic rings. The summed E-state index contributed by atoms with van der Waals surface area (Å²) in [6, 6.07) is 16.4. The number of hydrogen-bond acceptors (Lipinski definition) is 3.